The molecule has 0 saturated heterocycles. The summed E-state index contributed by atoms with van der Waals surface area (Å²) in [6.45, 7) is 0.369. The molecule has 0 unspecified atom stereocenters. The molecule has 1 aromatic carbocycles. The fraction of sp³-hybridized carbons (Fsp3) is 0.267. The zero-order valence-electron chi connectivity index (χ0n) is 12.5. The summed E-state index contributed by atoms with van der Waals surface area (Å²) in [5.41, 5.74) is 7.17. The Hall–Kier alpha value is -2.83. The molecular weight excluding hydrogens is 284 g/mol. The summed E-state index contributed by atoms with van der Waals surface area (Å²) in [4.78, 5) is 28.7. The SMILES string of the molecule is COC(=O)CN(C)C(=O)c1ncn(Cc2ccccc2)c1N. The van der Waals surface area contributed by atoms with Crippen LogP contribution >= 0.6 is 0 Å². The van der Waals surface area contributed by atoms with E-state index in [2.05, 4.69) is 9.72 Å². The number of amides is 1. The molecular formula is C15H18N4O3. The van der Waals surface area contributed by atoms with Crippen LogP contribution in [-0.4, -0.2) is 47.0 Å². The van der Waals surface area contributed by atoms with Crippen LogP contribution in [0.2, 0.25) is 0 Å². The van der Waals surface area contributed by atoms with E-state index in [0.29, 0.717) is 6.54 Å². The monoisotopic (exact) mass is 302 g/mol. The number of esters is 1. The molecule has 2 rings (SSSR count). The first-order valence-corrected chi connectivity index (χ1v) is 6.69. The second kappa shape index (κ2) is 6.75. The molecule has 0 spiro atoms. The van der Waals surface area contributed by atoms with Gasteiger partial charge in [0.05, 0.1) is 20.0 Å². The standard InChI is InChI=1S/C15H18N4O3/c1-18(9-12(20)22-2)15(21)13-14(16)19(10-17-13)8-11-6-4-3-5-7-11/h3-7,10H,8-9,16H2,1-2H3. The number of carbonyl (C=O) groups is 2. The van der Waals surface area contributed by atoms with Gasteiger partial charge in [0, 0.05) is 7.05 Å². The third-order valence-corrected chi connectivity index (χ3v) is 3.22. The fourth-order valence-electron chi connectivity index (χ4n) is 1.97. The summed E-state index contributed by atoms with van der Waals surface area (Å²) in [6, 6.07) is 9.71. The van der Waals surface area contributed by atoms with Crippen molar-refractivity contribution in [3.63, 3.8) is 0 Å². The van der Waals surface area contributed by atoms with Crippen molar-refractivity contribution < 1.29 is 14.3 Å². The van der Waals surface area contributed by atoms with Crippen LogP contribution in [0, 0.1) is 0 Å². The lowest BCUT2D eigenvalue weighted by atomic mass is 10.2. The van der Waals surface area contributed by atoms with E-state index in [4.69, 9.17) is 5.73 Å². The van der Waals surface area contributed by atoms with Gasteiger partial charge in [-0.05, 0) is 5.56 Å². The topological polar surface area (TPSA) is 90.5 Å². The highest BCUT2D eigenvalue weighted by molar-refractivity contribution is 5.97. The smallest absolute Gasteiger partial charge is 0.325 e. The van der Waals surface area contributed by atoms with Gasteiger partial charge in [0.2, 0.25) is 0 Å². The summed E-state index contributed by atoms with van der Waals surface area (Å²) in [5.74, 6) is -0.654. The van der Waals surface area contributed by atoms with E-state index < -0.39 is 11.9 Å². The van der Waals surface area contributed by atoms with Crippen molar-refractivity contribution in [2.45, 2.75) is 6.54 Å². The predicted molar refractivity (Wildman–Crippen MR) is 81.2 cm³/mol. The molecule has 0 saturated carbocycles. The summed E-state index contributed by atoms with van der Waals surface area (Å²) in [6.07, 6.45) is 1.52. The number of ether oxygens (including phenoxy) is 1. The molecule has 2 N–H and O–H groups in total. The molecule has 0 aliphatic rings. The number of carbonyl (C=O) groups excluding carboxylic acids is 2. The van der Waals surface area contributed by atoms with Crippen molar-refractivity contribution in [3.05, 3.63) is 47.9 Å². The van der Waals surface area contributed by atoms with Crippen molar-refractivity contribution in [2.75, 3.05) is 26.4 Å². The third kappa shape index (κ3) is 3.43. The minimum Gasteiger partial charge on any atom is -0.468 e. The third-order valence-electron chi connectivity index (χ3n) is 3.22. The van der Waals surface area contributed by atoms with E-state index in [0.717, 1.165) is 5.56 Å². The number of hydrogen-bond acceptors (Lipinski definition) is 5. The van der Waals surface area contributed by atoms with Crippen molar-refractivity contribution in [2.24, 2.45) is 0 Å². The number of nitrogen functional groups attached to an aromatic ring is 1. The van der Waals surface area contributed by atoms with E-state index in [9.17, 15) is 9.59 Å². The minimum absolute atomic E-state index is 0.127. The Labute approximate surface area is 128 Å². The summed E-state index contributed by atoms with van der Waals surface area (Å²) >= 11 is 0. The van der Waals surface area contributed by atoms with E-state index in [1.165, 1.54) is 25.4 Å². The molecule has 2 aromatic rings. The molecule has 7 heteroatoms. The van der Waals surface area contributed by atoms with E-state index >= 15 is 0 Å². The second-order valence-corrected chi connectivity index (χ2v) is 4.83. The molecule has 0 bridgehead atoms. The van der Waals surface area contributed by atoms with Gasteiger partial charge in [0.25, 0.3) is 5.91 Å². The predicted octanol–water partition coefficient (Wildman–Crippen LogP) is 0.759. The maximum Gasteiger partial charge on any atom is 0.325 e. The quantitative estimate of drug-likeness (QED) is 0.823. The van der Waals surface area contributed by atoms with Crippen molar-refractivity contribution in [1.29, 1.82) is 0 Å². The maximum atomic E-state index is 12.2. The molecule has 7 nitrogen and oxygen atoms in total. The molecule has 1 heterocycles. The van der Waals surface area contributed by atoms with Crippen LogP contribution in [0.1, 0.15) is 16.1 Å². The van der Waals surface area contributed by atoms with E-state index in [-0.39, 0.29) is 18.1 Å². The van der Waals surface area contributed by atoms with Crippen molar-refractivity contribution in [1.82, 2.24) is 14.5 Å². The van der Waals surface area contributed by atoms with Crippen LogP contribution < -0.4 is 5.73 Å². The van der Waals surface area contributed by atoms with Crippen LogP contribution in [0.3, 0.4) is 0 Å². The lowest BCUT2D eigenvalue weighted by Gasteiger charge is -2.14. The number of nitrogens with zero attached hydrogens (tertiary/aromatic N) is 3. The van der Waals surface area contributed by atoms with Gasteiger partial charge in [-0.25, -0.2) is 4.98 Å². The highest BCUT2D eigenvalue weighted by Crippen LogP contribution is 2.14. The molecule has 116 valence electrons. The number of imidazole rings is 1. The molecule has 1 aromatic heterocycles. The van der Waals surface area contributed by atoms with Crippen LogP contribution in [-0.2, 0) is 16.1 Å². The molecule has 0 fully saturated rings. The minimum atomic E-state index is -0.502. The summed E-state index contributed by atoms with van der Waals surface area (Å²) in [5, 5.41) is 0. The van der Waals surface area contributed by atoms with Gasteiger partial charge in [0.1, 0.15) is 12.4 Å². The van der Waals surface area contributed by atoms with Gasteiger partial charge in [-0.1, -0.05) is 30.3 Å². The van der Waals surface area contributed by atoms with E-state index in [1.54, 1.807) is 4.57 Å². The van der Waals surface area contributed by atoms with Crippen LogP contribution in [0.15, 0.2) is 36.7 Å². The second-order valence-electron chi connectivity index (χ2n) is 4.83. The lowest BCUT2D eigenvalue weighted by Crippen LogP contribution is -2.33. The van der Waals surface area contributed by atoms with Crippen molar-refractivity contribution >= 4 is 17.7 Å². The Balaban J connectivity index is 2.13. The number of aromatic nitrogens is 2. The summed E-state index contributed by atoms with van der Waals surface area (Å²) < 4.78 is 6.22. The molecule has 22 heavy (non-hydrogen) atoms. The first-order chi connectivity index (χ1) is 10.5. The zero-order valence-corrected chi connectivity index (χ0v) is 12.5. The van der Waals surface area contributed by atoms with Gasteiger partial charge in [-0.3, -0.25) is 9.59 Å². The average Bonchev–Trinajstić information content (AvgIpc) is 2.88. The van der Waals surface area contributed by atoms with Crippen LogP contribution in [0.4, 0.5) is 5.82 Å². The first-order valence-electron chi connectivity index (χ1n) is 6.69. The van der Waals surface area contributed by atoms with Gasteiger partial charge in [-0.15, -0.1) is 0 Å². The molecule has 1 amide bonds. The Bertz CT molecular complexity index is 667. The van der Waals surface area contributed by atoms with Crippen LogP contribution in [0.5, 0.6) is 0 Å². The zero-order chi connectivity index (χ0) is 16.1. The average molecular weight is 302 g/mol. The largest absolute Gasteiger partial charge is 0.468 e. The van der Waals surface area contributed by atoms with Gasteiger partial charge in [-0.2, -0.15) is 0 Å². The Morgan fingerprint density at radius 3 is 2.64 bits per heavy atom. The Morgan fingerprint density at radius 2 is 2.00 bits per heavy atom. The van der Waals surface area contributed by atoms with Gasteiger partial charge in [0.15, 0.2) is 5.69 Å². The van der Waals surface area contributed by atoms with Gasteiger partial charge >= 0.3 is 5.97 Å². The van der Waals surface area contributed by atoms with Crippen molar-refractivity contribution in [3.8, 4) is 0 Å². The number of benzene rings is 1. The number of nitrogens with two attached hydrogens (primary N) is 1. The highest BCUT2D eigenvalue weighted by Gasteiger charge is 2.21. The number of likely N-dealkylation sites (N-methyl/N-ethyl adjacent to an activating group) is 1. The molecule has 0 atom stereocenters. The number of hydrogen-bond donors (Lipinski definition) is 1. The summed E-state index contributed by atoms with van der Waals surface area (Å²) in [7, 11) is 2.76. The molecule has 0 aliphatic heterocycles. The van der Waals surface area contributed by atoms with E-state index in [1.807, 2.05) is 30.3 Å². The number of anilines is 1. The maximum absolute atomic E-state index is 12.2. The number of methoxy groups -OCH3 is 1. The number of rotatable bonds is 5. The highest BCUT2D eigenvalue weighted by atomic mass is 16.5. The normalized spacial score (nSPS) is 10.3. The van der Waals surface area contributed by atoms with Crippen LogP contribution in [0.25, 0.3) is 0 Å². The van der Waals surface area contributed by atoms with Gasteiger partial charge < -0.3 is 19.9 Å². The lowest BCUT2D eigenvalue weighted by molar-refractivity contribution is -0.141. The molecule has 0 radical (unpaired) electrons. The first kappa shape index (κ1) is 15.6. The Morgan fingerprint density at radius 1 is 1.32 bits per heavy atom. The Kier molecular flexibility index (Phi) is 4.77. The molecule has 0 aliphatic carbocycles. The fourth-order valence-corrected chi connectivity index (χ4v) is 1.97.